The van der Waals surface area contributed by atoms with E-state index in [9.17, 15) is 0 Å². The van der Waals surface area contributed by atoms with Gasteiger partial charge in [-0.2, -0.15) is 0 Å². The van der Waals surface area contributed by atoms with Gasteiger partial charge in [-0.05, 0) is 50.3 Å². The highest BCUT2D eigenvalue weighted by Crippen LogP contribution is 2.36. The van der Waals surface area contributed by atoms with Crippen LogP contribution in [0.15, 0.2) is 24.3 Å². The van der Waals surface area contributed by atoms with Gasteiger partial charge < -0.3 is 10.1 Å². The van der Waals surface area contributed by atoms with Gasteiger partial charge in [-0.1, -0.05) is 31.5 Å². The van der Waals surface area contributed by atoms with Gasteiger partial charge in [-0.25, -0.2) is 0 Å². The zero-order valence-electron chi connectivity index (χ0n) is 11.6. The summed E-state index contributed by atoms with van der Waals surface area (Å²) < 4.78 is 5.71. The lowest BCUT2D eigenvalue weighted by molar-refractivity contribution is 0.260. The molecule has 0 saturated carbocycles. The molecule has 2 rings (SSSR count). The Labute approximate surface area is 111 Å². The lowest BCUT2D eigenvalue weighted by Crippen LogP contribution is -2.25. The third-order valence-electron chi connectivity index (χ3n) is 3.83. The van der Waals surface area contributed by atoms with Gasteiger partial charge in [0.2, 0.25) is 0 Å². The predicted octanol–water partition coefficient (Wildman–Crippen LogP) is 3.72. The molecule has 0 aromatic heterocycles. The van der Waals surface area contributed by atoms with Crippen molar-refractivity contribution in [3.05, 3.63) is 29.8 Å². The predicted molar refractivity (Wildman–Crippen MR) is 76.3 cm³/mol. The van der Waals surface area contributed by atoms with Crippen LogP contribution in [0.1, 0.15) is 51.0 Å². The van der Waals surface area contributed by atoms with Crippen LogP contribution in [0, 0.1) is 0 Å². The zero-order valence-corrected chi connectivity index (χ0v) is 11.6. The first-order chi connectivity index (χ1) is 8.81. The van der Waals surface area contributed by atoms with Crippen LogP contribution < -0.4 is 10.1 Å². The van der Waals surface area contributed by atoms with Crippen LogP contribution in [-0.2, 0) is 0 Å². The summed E-state index contributed by atoms with van der Waals surface area (Å²) in [6.07, 6.45) is 5.03. The van der Waals surface area contributed by atoms with Crippen LogP contribution in [-0.4, -0.2) is 19.2 Å². The highest BCUT2D eigenvalue weighted by Gasteiger charge is 2.20. The van der Waals surface area contributed by atoms with E-state index < -0.39 is 0 Å². The van der Waals surface area contributed by atoms with E-state index in [2.05, 4.69) is 43.4 Å². The molecule has 1 heterocycles. The van der Waals surface area contributed by atoms with Gasteiger partial charge in [0.15, 0.2) is 0 Å². The molecule has 1 aliphatic heterocycles. The normalized spacial score (nSPS) is 20.0. The molecule has 0 radical (unpaired) electrons. The standard InChI is InChI=1S/C16H25NO/c1-3-17-13(2)7-6-8-14-11-12-18-16-10-5-4-9-15(14)16/h4-5,9-10,13-14,17H,3,6-8,11-12H2,1-2H3. The Morgan fingerprint density at radius 3 is 3.06 bits per heavy atom. The number of rotatable bonds is 6. The minimum Gasteiger partial charge on any atom is -0.493 e. The fourth-order valence-electron chi connectivity index (χ4n) is 2.84. The van der Waals surface area contributed by atoms with E-state index in [4.69, 9.17) is 4.74 Å². The van der Waals surface area contributed by atoms with Crippen molar-refractivity contribution in [2.75, 3.05) is 13.2 Å². The second-order valence-corrected chi connectivity index (χ2v) is 5.26. The van der Waals surface area contributed by atoms with Gasteiger partial charge in [0.1, 0.15) is 5.75 Å². The average molecular weight is 247 g/mol. The number of para-hydroxylation sites is 1. The van der Waals surface area contributed by atoms with Gasteiger partial charge in [0.05, 0.1) is 6.61 Å². The Hall–Kier alpha value is -1.02. The minimum absolute atomic E-state index is 0.644. The highest BCUT2D eigenvalue weighted by atomic mass is 16.5. The molecule has 2 nitrogen and oxygen atoms in total. The van der Waals surface area contributed by atoms with Gasteiger partial charge in [-0.15, -0.1) is 0 Å². The van der Waals surface area contributed by atoms with E-state index in [1.807, 2.05) is 0 Å². The molecule has 2 atom stereocenters. The summed E-state index contributed by atoms with van der Waals surface area (Å²) in [4.78, 5) is 0. The zero-order chi connectivity index (χ0) is 12.8. The van der Waals surface area contributed by atoms with Crippen molar-refractivity contribution in [1.82, 2.24) is 5.32 Å². The van der Waals surface area contributed by atoms with Crippen molar-refractivity contribution in [1.29, 1.82) is 0 Å². The maximum atomic E-state index is 5.71. The van der Waals surface area contributed by atoms with Crippen LogP contribution >= 0.6 is 0 Å². The van der Waals surface area contributed by atoms with Crippen molar-refractivity contribution in [3.8, 4) is 5.75 Å². The second-order valence-electron chi connectivity index (χ2n) is 5.26. The Balaban J connectivity index is 1.84. The van der Waals surface area contributed by atoms with E-state index in [0.29, 0.717) is 12.0 Å². The SMILES string of the molecule is CCNC(C)CCCC1CCOc2ccccc21. The lowest BCUT2D eigenvalue weighted by Gasteiger charge is -2.26. The number of ether oxygens (including phenoxy) is 1. The van der Waals surface area contributed by atoms with Crippen LogP contribution in [0.2, 0.25) is 0 Å². The summed E-state index contributed by atoms with van der Waals surface area (Å²) in [6, 6.07) is 9.16. The van der Waals surface area contributed by atoms with Gasteiger partial charge in [-0.3, -0.25) is 0 Å². The topological polar surface area (TPSA) is 21.3 Å². The number of hydrogen-bond acceptors (Lipinski definition) is 2. The van der Waals surface area contributed by atoms with Crippen molar-refractivity contribution in [3.63, 3.8) is 0 Å². The van der Waals surface area contributed by atoms with Crippen LogP contribution in [0.4, 0.5) is 0 Å². The molecule has 1 aliphatic rings. The molecule has 1 aromatic carbocycles. The molecule has 0 amide bonds. The molecule has 100 valence electrons. The van der Waals surface area contributed by atoms with Crippen LogP contribution in [0.25, 0.3) is 0 Å². The number of benzene rings is 1. The van der Waals surface area contributed by atoms with Crippen molar-refractivity contribution in [2.24, 2.45) is 0 Å². The summed E-state index contributed by atoms with van der Waals surface area (Å²) in [5.74, 6) is 1.80. The summed E-state index contributed by atoms with van der Waals surface area (Å²) in [6.45, 7) is 6.40. The third-order valence-corrected chi connectivity index (χ3v) is 3.83. The first kappa shape index (κ1) is 13.4. The van der Waals surface area contributed by atoms with E-state index in [1.54, 1.807) is 0 Å². The third kappa shape index (κ3) is 3.49. The molecule has 0 fully saturated rings. The Morgan fingerprint density at radius 1 is 1.39 bits per heavy atom. The molecule has 0 spiro atoms. The molecular formula is C16H25NO. The van der Waals surface area contributed by atoms with E-state index >= 15 is 0 Å². The minimum atomic E-state index is 0.644. The van der Waals surface area contributed by atoms with Gasteiger partial charge in [0, 0.05) is 6.04 Å². The molecule has 0 aliphatic carbocycles. The molecule has 18 heavy (non-hydrogen) atoms. The first-order valence-electron chi connectivity index (χ1n) is 7.26. The van der Waals surface area contributed by atoms with E-state index in [-0.39, 0.29) is 0 Å². The van der Waals surface area contributed by atoms with Gasteiger partial charge >= 0.3 is 0 Å². The van der Waals surface area contributed by atoms with Crippen molar-refractivity contribution >= 4 is 0 Å². The van der Waals surface area contributed by atoms with Crippen LogP contribution in [0.3, 0.4) is 0 Å². The van der Waals surface area contributed by atoms with E-state index in [0.717, 1.165) is 18.9 Å². The smallest absolute Gasteiger partial charge is 0.122 e. The lowest BCUT2D eigenvalue weighted by atomic mass is 9.88. The fourth-order valence-corrected chi connectivity index (χ4v) is 2.84. The van der Waals surface area contributed by atoms with E-state index in [1.165, 1.54) is 31.2 Å². The number of hydrogen-bond donors (Lipinski definition) is 1. The maximum Gasteiger partial charge on any atom is 0.122 e. The molecular weight excluding hydrogens is 222 g/mol. The molecule has 0 bridgehead atoms. The molecule has 2 unspecified atom stereocenters. The van der Waals surface area contributed by atoms with Gasteiger partial charge in [0.25, 0.3) is 0 Å². The molecule has 2 heteroatoms. The Bertz CT molecular complexity index is 364. The summed E-state index contributed by atoms with van der Waals surface area (Å²) in [7, 11) is 0. The summed E-state index contributed by atoms with van der Waals surface area (Å²) in [5.41, 5.74) is 1.42. The molecule has 1 N–H and O–H groups in total. The first-order valence-corrected chi connectivity index (χ1v) is 7.26. The largest absolute Gasteiger partial charge is 0.493 e. The Morgan fingerprint density at radius 2 is 2.22 bits per heavy atom. The quantitative estimate of drug-likeness (QED) is 0.827. The molecule has 1 aromatic rings. The van der Waals surface area contributed by atoms with Crippen LogP contribution in [0.5, 0.6) is 5.75 Å². The summed E-state index contributed by atoms with van der Waals surface area (Å²) >= 11 is 0. The maximum absolute atomic E-state index is 5.71. The molecule has 0 saturated heterocycles. The van der Waals surface area contributed by atoms with Crippen molar-refractivity contribution < 1.29 is 4.74 Å². The average Bonchev–Trinajstić information content (AvgIpc) is 2.39. The highest BCUT2D eigenvalue weighted by molar-refractivity contribution is 5.37. The number of fused-ring (bicyclic) bond motifs is 1. The Kier molecular flexibility index (Phi) is 5.06. The monoisotopic (exact) mass is 247 g/mol. The number of nitrogens with one attached hydrogen (secondary N) is 1. The summed E-state index contributed by atoms with van der Waals surface area (Å²) in [5, 5.41) is 3.48. The van der Waals surface area contributed by atoms with Crippen molar-refractivity contribution in [2.45, 2.75) is 51.5 Å². The second kappa shape index (κ2) is 6.79. The fraction of sp³-hybridized carbons (Fsp3) is 0.625.